The highest BCUT2D eigenvalue weighted by atomic mass is 15.0. The van der Waals surface area contributed by atoms with Crippen molar-refractivity contribution in [1.29, 1.82) is 0 Å². The largest absolute Gasteiger partial charge is 0.354 e. The van der Waals surface area contributed by atoms with Gasteiger partial charge in [-0.1, -0.05) is 39.0 Å². The molecule has 0 amide bonds. The third-order valence-electron chi connectivity index (χ3n) is 4.43. The lowest BCUT2D eigenvalue weighted by molar-refractivity contribution is 0.526. The number of aryl methyl sites for hydroxylation is 2. The molecule has 19 heavy (non-hydrogen) atoms. The van der Waals surface area contributed by atoms with Crippen molar-refractivity contribution in [1.82, 2.24) is 9.88 Å². The minimum absolute atomic E-state index is 0.582. The van der Waals surface area contributed by atoms with Gasteiger partial charge in [0.1, 0.15) is 0 Å². The Labute approximate surface area is 118 Å². The molecule has 1 aromatic rings. The molecule has 1 unspecified atom stereocenters. The van der Waals surface area contributed by atoms with Gasteiger partial charge in [-0.3, -0.25) is 0 Å². The normalized spacial score (nSPS) is 19.2. The van der Waals surface area contributed by atoms with E-state index < -0.39 is 0 Å². The number of hydrogen-bond acceptors (Lipinski definition) is 1. The summed E-state index contributed by atoms with van der Waals surface area (Å²) in [5.74, 6) is 0. The monoisotopic (exact) mass is 262 g/mol. The average Bonchev–Trinajstić information content (AvgIpc) is 2.72. The van der Waals surface area contributed by atoms with E-state index >= 15 is 0 Å². The first kappa shape index (κ1) is 14.6. The van der Waals surface area contributed by atoms with Crippen LogP contribution in [0.3, 0.4) is 0 Å². The van der Waals surface area contributed by atoms with Gasteiger partial charge < -0.3 is 9.88 Å². The number of rotatable bonds is 7. The molecule has 1 N–H and O–H groups in total. The van der Waals surface area contributed by atoms with Crippen LogP contribution >= 0.6 is 0 Å². The molecule has 108 valence electrons. The molecule has 0 radical (unpaired) electrons. The fourth-order valence-corrected chi connectivity index (χ4v) is 3.24. The van der Waals surface area contributed by atoms with Crippen LogP contribution in [0, 0.1) is 0 Å². The summed E-state index contributed by atoms with van der Waals surface area (Å²) in [7, 11) is 2.10. The third-order valence-corrected chi connectivity index (χ3v) is 4.43. The Morgan fingerprint density at radius 2 is 2.00 bits per heavy atom. The smallest absolute Gasteiger partial charge is 0.0335 e. The first-order valence-electron chi connectivity index (χ1n) is 8.21. The van der Waals surface area contributed by atoms with Crippen LogP contribution in [0.1, 0.15) is 75.5 Å². The van der Waals surface area contributed by atoms with Crippen LogP contribution < -0.4 is 5.32 Å². The van der Waals surface area contributed by atoms with E-state index in [9.17, 15) is 0 Å². The maximum absolute atomic E-state index is 3.48. The summed E-state index contributed by atoms with van der Waals surface area (Å²) in [6, 6.07) is 0.582. The minimum Gasteiger partial charge on any atom is -0.354 e. The number of nitrogens with one attached hydrogen (secondary N) is 1. The van der Waals surface area contributed by atoms with Crippen LogP contribution in [-0.2, 0) is 13.0 Å². The zero-order chi connectivity index (χ0) is 13.5. The molecule has 0 saturated carbocycles. The Morgan fingerprint density at radius 3 is 2.79 bits per heavy atom. The highest BCUT2D eigenvalue weighted by Gasteiger charge is 2.18. The molecule has 0 bridgehead atoms. The van der Waals surface area contributed by atoms with Crippen molar-refractivity contribution in [3.63, 3.8) is 0 Å². The van der Waals surface area contributed by atoms with Gasteiger partial charge in [-0.05, 0) is 43.9 Å². The fraction of sp³-hybridized carbons (Fsp3) is 0.765. The second-order valence-electron chi connectivity index (χ2n) is 5.98. The predicted molar refractivity (Wildman–Crippen MR) is 82.5 cm³/mol. The van der Waals surface area contributed by atoms with Crippen molar-refractivity contribution in [2.75, 3.05) is 7.05 Å². The lowest BCUT2D eigenvalue weighted by Crippen LogP contribution is -2.15. The van der Waals surface area contributed by atoms with E-state index in [-0.39, 0.29) is 0 Å². The highest BCUT2D eigenvalue weighted by molar-refractivity contribution is 5.29. The molecule has 0 spiro atoms. The van der Waals surface area contributed by atoms with Crippen LogP contribution in [0.2, 0.25) is 0 Å². The van der Waals surface area contributed by atoms with Gasteiger partial charge in [-0.25, -0.2) is 0 Å². The van der Waals surface area contributed by atoms with E-state index in [1.54, 1.807) is 11.1 Å². The van der Waals surface area contributed by atoms with Gasteiger partial charge in [-0.15, -0.1) is 0 Å². The van der Waals surface area contributed by atoms with E-state index in [1.165, 1.54) is 64.3 Å². The fourth-order valence-electron chi connectivity index (χ4n) is 3.24. The second kappa shape index (κ2) is 7.74. The molecular weight excluding hydrogens is 232 g/mol. The molecule has 0 fully saturated rings. The molecule has 0 aliphatic heterocycles. The van der Waals surface area contributed by atoms with Crippen molar-refractivity contribution >= 4 is 0 Å². The summed E-state index contributed by atoms with van der Waals surface area (Å²) in [4.78, 5) is 0. The quantitative estimate of drug-likeness (QED) is 0.567. The Morgan fingerprint density at radius 1 is 1.16 bits per heavy atom. The Bertz CT molecular complexity index is 367. The Hall–Kier alpha value is -0.760. The van der Waals surface area contributed by atoms with Crippen molar-refractivity contribution in [3.8, 4) is 0 Å². The Kier molecular flexibility index (Phi) is 5.96. The molecule has 1 heterocycles. The Balaban J connectivity index is 1.89. The molecular formula is C17H30N2. The first-order valence-corrected chi connectivity index (χ1v) is 8.21. The maximum Gasteiger partial charge on any atom is 0.0335 e. The van der Waals surface area contributed by atoms with Crippen LogP contribution in [-0.4, -0.2) is 11.6 Å². The van der Waals surface area contributed by atoms with Crippen LogP contribution in [0.15, 0.2) is 12.4 Å². The van der Waals surface area contributed by atoms with E-state index in [0.29, 0.717) is 6.04 Å². The predicted octanol–water partition coefficient (Wildman–Crippen LogP) is 4.45. The van der Waals surface area contributed by atoms with E-state index in [2.05, 4.69) is 36.2 Å². The van der Waals surface area contributed by atoms with Gasteiger partial charge in [0, 0.05) is 25.0 Å². The molecule has 1 aliphatic carbocycles. The molecule has 2 nitrogen and oxygen atoms in total. The SMILES string of the molecule is CCCCCCCn1cc2c(c1)C(NC)CCCC2. The second-order valence-corrected chi connectivity index (χ2v) is 5.98. The molecule has 0 saturated heterocycles. The van der Waals surface area contributed by atoms with E-state index in [4.69, 9.17) is 0 Å². The van der Waals surface area contributed by atoms with Gasteiger partial charge in [0.15, 0.2) is 0 Å². The molecule has 1 aromatic heterocycles. The summed E-state index contributed by atoms with van der Waals surface area (Å²) in [6.07, 6.45) is 16.9. The summed E-state index contributed by atoms with van der Waals surface area (Å²) >= 11 is 0. The standard InChI is InChI=1S/C17H30N2/c1-3-4-5-6-9-12-19-13-15-10-7-8-11-17(18-2)16(15)14-19/h13-14,17-18H,3-12H2,1-2H3. The lowest BCUT2D eigenvalue weighted by atomic mass is 10.1. The summed E-state index contributed by atoms with van der Waals surface area (Å²) in [5, 5.41) is 3.48. The van der Waals surface area contributed by atoms with Crippen LogP contribution in [0.25, 0.3) is 0 Å². The number of aromatic nitrogens is 1. The molecule has 0 aromatic carbocycles. The number of unbranched alkanes of at least 4 members (excludes halogenated alkanes) is 4. The van der Waals surface area contributed by atoms with Crippen molar-refractivity contribution in [3.05, 3.63) is 23.5 Å². The number of hydrogen-bond donors (Lipinski definition) is 1. The molecule has 2 rings (SSSR count). The van der Waals surface area contributed by atoms with Crippen molar-refractivity contribution in [2.45, 2.75) is 77.3 Å². The van der Waals surface area contributed by atoms with E-state index in [0.717, 1.165) is 0 Å². The van der Waals surface area contributed by atoms with Gasteiger partial charge in [0.05, 0.1) is 0 Å². The van der Waals surface area contributed by atoms with Crippen LogP contribution in [0.4, 0.5) is 0 Å². The summed E-state index contributed by atoms with van der Waals surface area (Å²) in [6.45, 7) is 3.48. The minimum atomic E-state index is 0.582. The third kappa shape index (κ3) is 4.10. The lowest BCUT2D eigenvalue weighted by Gasteiger charge is -2.13. The van der Waals surface area contributed by atoms with Crippen molar-refractivity contribution < 1.29 is 0 Å². The van der Waals surface area contributed by atoms with Gasteiger partial charge >= 0.3 is 0 Å². The molecule has 1 aliphatic rings. The first-order chi connectivity index (χ1) is 9.35. The summed E-state index contributed by atoms with van der Waals surface area (Å²) < 4.78 is 2.44. The molecule has 1 atom stereocenters. The summed E-state index contributed by atoms with van der Waals surface area (Å²) in [5.41, 5.74) is 3.15. The van der Waals surface area contributed by atoms with Gasteiger partial charge in [0.25, 0.3) is 0 Å². The topological polar surface area (TPSA) is 17.0 Å². The zero-order valence-corrected chi connectivity index (χ0v) is 12.8. The maximum atomic E-state index is 3.48. The highest BCUT2D eigenvalue weighted by Crippen LogP contribution is 2.29. The average molecular weight is 262 g/mol. The van der Waals surface area contributed by atoms with Gasteiger partial charge in [-0.2, -0.15) is 0 Å². The zero-order valence-electron chi connectivity index (χ0n) is 12.8. The van der Waals surface area contributed by atoms with Crippen molar-refractivity contribution in [2.24, 2.45) is 0 Å². The van der Waals surface area contributed by atoms with Crippen LogP contribution in [0.5, 0.6) is 0 Å². The van der Waals surface area contributed by atoms with E-state index in [1.807, 2.05) is 0 Å². The number of fused-ring (bicyclic) bond motifs is 1. The van der Waals surface area contributed by atoms with Gasteiger partial charge in [0.2, 0.25) is 0 Å². The number of nitrogens with zero attached hydrogens (tertiary/aromatic N) is 1. The molecule has 2 heteroatoms.